The van der Waals surface area contributed by atoms with Crippen molar-refractivity contribution in [1.82, 2.24) is 15.1 Å². The molecule has 1 aliphatic carbocycles. The summed E-state index contributed by atoms with van der Waals surface area (Å²) in [5, 5.41) is 7.40. The highest BCUT2D eigenvalue weighted by atomic mass is 19.1. The number of carbonyl (C=O) groups is 1. The summed E-state index contributed by atoms with van der Waals surface area (Å²) in [5.41, 5.74) is 4.15. The van der Waals surface area contributed by atoms with Gasteiger partial charge in [-0.05, 0) is 68.6 Å². The van der Waals surface area contributed by atoms with E-state index in [2.05, 4.69) is 15.1 Å². The average molecular weight is 339 g/mol. The van der Waals surface area contributed by atoms with E-state index in [0.717, 1.165) is 56.2 Å². The summed E-state index contributed by atoms with van der Waals surface area (Å²) in [5.74, 6) is 0.350. The summed E-state index contributed by atoms with van der Waals surface area (Å²) in [6, 6.07) is 7.46. The molecule has 3 aliphatic rings. The van der Waals surface area contributed by atoms with Crippen LogP contribution in [0.1, 0.15) is 65.3 Å². The molecule has 5 heteroatoms. The highest BCUT2D eigenvalue weighted by Gasteiger charge is 2.45. The Morgan fingerprint density at radius 1 is 1.12 bits per heavy atom. The molecule has 4 nitrogen and oxygen atoms in total. The normalized spacial score (nSPS) is 27.6. The van der Waals surface area contributed by atoms with E-state index in [0.29, 0.717) is 11.6 Å². The molecule has 0 radical (unpaired) electrons. The minimum Gasteiger partial charge on any atom is -0.331 e. The van der Waals surface area contributed by atoms with E-state index in [-0.39, 0.29) is 23.8 Å². The van der Waals surface area contributed by atoms with Gasteiger partial charge in [-0.25, -0.2) is 4.39 Å². The molecule has 0 spiro atoms. The second kappa shape index (κ2) is 5.68. The molecule has 1 amide bonds. The number of hydrogen-bond donors (Lipinski definition) is 1. The Morgan fingerprint density at radius 2 is 1.84 bits per heavy atom. The number of aromatic amines is 1. The number of nitrogens with one attached hydrogen (secondary N) is 1. The molecule has 3 heterocycles. The Labute approximate surface area is 146 Å². The molecule has 2 aromatic rings. The monoisotopic (exact) mass is 339 g/mol. The van der Waals surface area contributed by atoms with Gasteiger partial charge < -0.3 is 4.90 Å². The maximum absolute atomic E-state index is 13.2. The van der Waals surface area contributed by atoms with Gasteiger partial charge >= 0.3 is 0 Å². The number of carbonyl (C=O) groups excluding carboxylic acids is 1. The smallest absolute Gasteiger partial charge is 0.275 e. The number of rotatable bonds is 2. The first-order chi connectivity index (χ1) is 12.2. The van der Waals surface area contributed by atoms with Crippen LogP contribution in [-0.2, 0) is 12.8 Å². The molecular weight excluding hydrogens is 317 g/mol. The first-order valence-corrected chi connectivity index (χ1v) is 9.35. The summed E-state index contributed by atoms with van der Waals surface area (Å²) < 4.78 is 13.2. The van der Waals surface area contributed by atoms with Crippen molar-refractivity contribution in [2.45, 2.75) is 62.9 Å². The van der Waals surface area contributed by atoms with Gasteiger partial charge in [-0.2, -0.15) is 5.10 Å². The lowest BCUT2D eigenvalue weighted by molar-refractivity contribution is 0.0564. The van der Waals surface area contributed by atoms with Crippen LogP contribution >= 0.6 is 0 Å². The molecule has 2 fully saturated rings. The molecule has 1 aromatic carbocycles. The fraction of sp³-hybridized carbons (Fsp3) is 0.500. The Morgan fingerprint density at radius 3 is 2.56 bits per heavy atom. The quantitative estimate of drug-likeness (QED) is 0.909. The van der Waals surface area contributed by atoms with E-state index in [1.165, 1.54) is 5.56 Å². The number of halogens is 1. The molecule has 1 N–H and O–H groups in total. The maximum Gasteiger partial charge on any atom is 0.275 e. The van der Waals surface area contributed by atoms with E-state index in [9.17, 15) is 9.18 Å². The number of aryl methyl sites for hydroxylation is 1. The summed E-state index contributed by atoms with van der Waals surface area (Å²) >= 11 is 0. The molecule has 2 aliphatic heterocycles. The van der Waals surface area contributed by atoms with E-state index < -0.39 is 0 Å². The van der Waals surface area contributed by atoms with Crippen LogP contribution in [-0.4, -0.2) is 33.1 Å². The number of aromatic nitrogens is 2. The molecule has 2 bridgehead atoms. The molecule has 25 heavy (non-hydrogen) atoms. The molecule has 5 rings (SSSR count). The largest absolute Gasteiger partial charge is 0.331 e. The van der Waals surface area contributed by atoms with Gasteiger partial charge in [0.25, 0.3) is 5.91 Å². The zero-order valence-corrected chi connectivity index (χ0v) is 14.2. The minimum absolute atomic E-state index is 0.115. The van der Waals surface area contributed by atoms with Crippen molar-refractivity contribution in [3.63, 3.8) is 0 Å². The van der Waals surface area contributed by atoms with Crippen LogP contribution in [0.3, 0.4) is 0 Å². The third-order valence-electron chi connectivity index (χ3n) is 6.32. The van der Waals surface area contributed by atoms with Crippen molar-refractivity contribution in [3.8, 4) is 0 Å². The van der Waals surface area contributed by atoms with Gasteiger partial charge in [0.05, 0.1) is 0 Å². The fourth-order valence-electron chi connectivity index (χ4n) is 5.13. The SMILES string of the molecule is O=C(c1n[nH]c2c1CCC2)N1[C@@H]2CC[C@H]1C[C@@H](c1ccc(F)cc1)C2. The number of fused-ring (bicyclic) bond motifs is 3. The molecule has 0 unspecified atom stereocenters. The van der Waals surface area contributed by atoms with Crippen molar-refractivity contribution in [2.75, 3.05) is 0 Å². The minimum atomic E-state index is -0.188. The van der Waals surface area contributed by atoms with Crippen molar-refractivity contribution in [3.05, 3.63) is 52.6 Å². The van der Waals surface area contributed by atoms with Crippen LogP contribution in [0, 0.1) is 5.82 Å². The van der Waals surface area contributed by atoms with Crippen LogP contribution in [0.5, 0.6) is 0 Å². The molecule has 130 valence electrons. The lowest BCUT2D eigenvalue weighted by Crippen LogP contribution is -2.46. The molecule has 1 aromatic heterocycles. The zero-order valence-electron chi connectivity index (χ0n) is 14.2. The molecule has 0 saturated carbocycles. The van der Waals surface area contributed by atoms with Gasteiger partial charge in [-0.1, -0.05) is 12.1 Å². The van der Waals surface area contributed by atoms with Gasteiger partial charge in [-0.15, -0.1) is 0 Å². The Balaban J connectivity index is 1.38. The second-order valence-corrected chi connectivity index (χ2v) is 7.70. The Hall–Kier alpha value is -2.17. The van der Waals surface area contributed by atoms with Gasteiger partial charge in [0.15, 0.2) is 5.69 Å². The lowest BCUT2D eigenvalue weighted by atomic mass is 9.85. The Bertz CT molecular complexity index is 799. The number of hydrogen-bond acceptors (Lipinski definition) is 2. The number of amides is 1. The van der Waals surface area contributed by atoms with E-state index in [4.69, 9.17) is 0 Å². The first kappa shape index (κ1) is 15.1. The van der Waals surface area contributed by atoms with Crippen molar-refractivity contribution in [1.29, 1.82) is 0 Å². The number of H-pyrrole nitrogens is 1. The zero-order chi connectivity index (χ0) is 17.0. The fourth-order valence-corrected chi connectivity index (χ4v) is 5.13. The number of benzene rings is 1. The van der Waals surface area contributed by atoms with Gasteiger partial charge in [0.2, 0.25) is 0 Å². The number of piperidine rings is 1. The third-order valence-corrected chi connectivity index (χ3v) is 6.32. The van der Waals surface area contributed by atoms with Crippen molar-refractivity contribution in [2.24, 2.45) is 0 Å². The van der Waals surface area contributed by atoms with Crippen LogP contribution in [0.25, 0.3) is 0 Å². The van der Waals surface area contributed by atoms with Gasteiger partial charge in [0.1, 0.15) is 5.82 Å². The van der Waals surface area contributed by atoms with Crippen LogP contribution in [0.4, 0.5) is 4.39 Å². The topological polar surface area (TPSA) is 49.0 Å². The third kappa shape index (κ3) is 2.40. The highest BCUT2D eigenvalue weighted by Crippen LogP contribution is 2.44. The lowest BCUT2D eigenvalue weighted by Gasteiger charge is -2.39. The summed E-state index contributed by atoms with van der Waals surface area (Å²) in [7, 11) is 0. The summed E-state index contributed by atoms with van der Waals surface area (Å²) in [6.45, 7) is 0. The van der Waals surface area contributed by atoms with Crippen molar-refractivity contribution >= 4 is 5.91 Å². The Kier molecular flexibility index (Phi) is 3.43. The van der Waals surface area contributed by atoms with E-state index in [1.54, 1.807) is 12.1 Å². The molecule has 2 saturated heterocycles. The average Bonchev–Trinajstić information content (AvgIpc) is 3.28. The van der Waals surface area contributed by atoms with Crippen molar-refractivity contribution < 1.29 is 9.18 Å². The van der Waals surface area contributed by atoms with E-state index in [1.807, 2.05) is 12.1 Å². The summed E-state index contributed by atoms with van der Waals surface area (Å²) in [6.07, 6.45) is 7.18. The maximum atomic E-state index is 13.2. The highest BCUT2D eigenvalue weighted by molar-refractivity contribution is 5.95. The predicted molar refractivity (Wildman–Crippen MR) is 92.0 cm³/mol. The molecule has 3 atom stereocenters. The number of nitrogens with zero attached hydrogens (tertiary/aromatic N) is 2. The van der Waals surface area contributed by atoms with Crippen LogP contribution < -0.4 is 0 Å². The van der Waals surface area contributed by atoms with Crippen LogP contribution in [0.15, 0.2) is 24.3 Å². The van der Waals surface area contributed by atoms with Gasteiger partial charge in [-0.3, -0.25) is 9.89 Å². The standard InChI is InChI=1S/C20H22FN3O/c21-14-6-4-12(5-7-14)13-10-15-8-9-16(11-13)24(15)20(25)19-17-2-1-3-18(17)22-23-19/h4-7,13,15-16H,1-3,8-11H2,(H,22,23)/t13-,15+,16-. The second-order valence-electron chi connectivity index (χ2n) is 7.70. The summed E-state index contributed by atoms with van der Waals surface area (Å²) in [4.78, 5) is 15.3. The first-order valence-electron chi connectivity index (χ1n) is 9.35. The predicted octanol–water partition coefficient (Wildman–Crippen LogP) is 3.59. The molecular formula is C20H22FN3O. The van der Waals surface area contributed by atoms with Gasteiger partial charge in [0, 0.05) is 23.3 Å². The van der Waals surface area contributed by atoms with Crippen LogP contribution in [0.2, 0.25) is 0 Å². The van der Waals surface area contributed by atoms with E-state index >= 15 is 0 Å².